The van der Waals surface area contributed by atoms with Gasteiger partial charge in [0.25, 0.3) is 5.56 Å². The van der Waals surface area contributed by atoms with Crippen LogP contribution in [0.5, 0.6) is 0 Å². The van der Waals surface area contributed by atoms with Gasteiger partial charge in [0, 0.05) is 29.5 Å². The SMILES string of the molecule is Cc1nc2n(c(=O)c1C)C(CC(=O)NC1CCCCC1)CS2. The van der Waals surface area contributed by atoms with E-state index in [1.807, 2.05) is 6.92 Å². The highest BCUT2D eigenvalue weighted by Gasteiger charge is 2.29. The number of fused-ring (bicyclic) bond motifs is 1. The molecule has 1 saturated carbocycles. The van der Waals surface area contributed by atoms with Crippen LogP contribution in [0.4, 0.5) is 0 Å². The van der Waals surface area contributed by atoms with Crippen LogP contribution in [0.25, 0.3) is 0 Å². The van der Waals surface area contributed by atoms with E-state index < -0.39 is 0 Å². The van der Waals surface area contributed by atoms with Crippen molar-refractivity contribution < 1.29 is 4.79 Å². The Morgan fingerprint density at radius 2 is 2.05 bits per heavy atom. The average Bonchev–Trinajstić information content (AvgIpc) is 2.88. The summed E-state index contributed by atoms with van der Waals surface area (Å²) < 4.78 is 1.72. The fraction of sp³-hybridized carbons (Fsp3) is 0.688. The van der Waals surface area contributed by atoms with E-state index in [0.717, 1.165) is 29.4 Å². The maximum Gasteiger partial charge on any atom is 0.257 e. The minimum Gasteiger partial charge on any atom is -0.353 e. The summed E-state index contributed by atoms with van der Waals surface area (Å²) in [6, 6.07) is 0.257. The number of hydrogen-bond acceptors (Lipinski definition) is 4. The fourth-order valence-electron chi connectivity index (χ4n) is 3.27. The maximum atomic E-state index is 12.4. The summed E-state index contributed by atoms with van der Waals surface area (Å²) in [5.41, 5.74) is 1.47. The minimum absolute atomic E-state index is 0.00275. The lowest BCUT2D eigenvalue weighted by atomic mass is 9.95. The molecule has 1 atom stereocenters. The number of amides is 1. The summed E-state index contributed by atoms with van der Waals surface area (Å²) >= 11 is 1.57. The van der Waals surface area contributed by atoms with Gasteiger partial charge in [0.15, 0.2) is 5.16 Å². The molecule has 0 saturated heterocycles. The summed E-state index contributed by atoms with van der Waals surface area (Å²) in [7, 11) is 0. The first-order chi connectivity index (χ1) is 10.6. The van der Waals surface area contributed by atoms with Crippen LogP contribution in [0.3, 0.4) is 0 Å². The summed E-state index contributed by atoms with van der Waals surface area (Å²) in [6.07, 6.45) is 6.23. The lowest BCUT2D eigenvalue weighted by Crippen LogP contribution is -2.38. The molecule has 2 aliphatic rings. The third kappa shape index (κ3) is 3.07. The number of aromatic nitrogens is 2. The monoisotopic (exact) mass is 321 g/mol. The molecular formula is C16H23N3O2S. The third-order valence-electron chi connectivity index (χ3n) is 4.71. The molecule has 1 aliphatic carbocycles. The Hall–Kier alpha value is -1.30. The molecule has 1 fully saturated rings. The van der Waals surface area contributed by atoms with Gasteiger partial charge in [-0.15, -0.1) is 0 Å². The Bertz CT molecular complexity index is 635. The predicted molar refractivity (Wildman–Crippen MR) is 87.4 cm³/mol. The van der Waals surface area contributed by atoms with Gasteiger partial charge in [0.2, 0.25) is 5.91 Å². The molecule has 0 aromatic carbocycles. The first-order valence-corrected chi connectivity index (χ1v) is 9.06. The molecule has 0 bridgehead atoms. The van der Waals surface area contributed by atoms with Crippen molar-refractivity contribution in [2.75, 3.05) is 5.75 Å². The molecule has 1 aromatic heterocycles. The van der Waals surface area contributed by atoms with Crippen LogP contribution in [0, 0.1) is 13.8 Å². The zero-order valence-corrected chi connectivity index (χ0v) is 14.0. The van der Waals surface area contributed by atoms with E-state index in [2.05, 4.69) is 10.3 Å². The molecule has 0 spiro atoms. The molecule has 120 valence electrons. The van der Waals surface area contributed by atoms with Gasteiger partial charge in [-0.05, 0) is 26.7 Å². The number of nitrogens with zero attached hydrogens (tertiary/aromatic N) is 2. The first kappa shape index (κ1) is 15.6. The van der Waals surface area contributed by atoms with Crippen molar-refractivity contribution in [1.82, 2.24) is 14.9 Å². The fourth-order valence-corrected chi connectivity index (χ4v) is 4.45. The third-order valence-corrected chi connectivity index (χ3v) is 5.81. The average molecular weight is 321 g/mol. The second-order valence-corrected chi connectivity index (χ2v) is 7.34. The highest BCUT2D eigenvalue weighted by molar-refractivity contribution is 7.99. The van der Waals surface area contributed by atoms with Gasteiger partial charge in [-0.2, -0.15) is 0 Å². The van der Waals surface area contributed by atoms with Crippen molar-refractivity contribution >= 4 is 17.7 Å². The van der Waals surface area contributed by atoms with Gasteiger partial charge in [-0.3, -0.25) is 14.2 Å². The normalized spacial score (nSPS) is 21.6. The highest BCUT2D eigenvalue weighted by Crippen LogP contribution is 2.32. The number of thioether (sulfide) groups is 1. The standard InChI is InChI=1S/C16H23N3O2S/c1-10-11(2)17-16-19(15(10)21)13(9-22-16)8-14(20)18-12-6-4-3-5-7-12/h12-13H,3-9H2,1-2H3,(H,18,20). The van der Waals surface area contributed by atoms with Crippen LogP contribution in [0.1, 0.15) is 55.8 Å². The molecule has 22 heavy (non-hydrogen) atoms. The summed E-state index contributed by atoms with van der Waals surface area (Å²) in [5, 5.41) is 3.89. The van der Waals surface area contributed by atoms with Crippen LogP contribution in [-0.4, -0.2) is 27.3 Å². The summed E-state index contributed by atoms with van der Waals surface area (Å²) in [6.45, 7) is 3.67. The molecule has 1 amide bonds. The lowest BCUT2D eigenvalue weighted by Gasteiger charge is -2.23. The summed E-state index contributed by atoms with van der Waals surface area (Å²) in [5.74, 6) is 0.818. The van der Waals surface area contributed by atoms with Gasteiger partial charge < -0.3 is 5.32 Å². The maximum absolute atomic E-state index is 12.4. The largest absolute Gasteiger partial charge is 0.353 e. The molecule has 0 radical (unpaired) electrons. The van der Waals surface area contributed by atoms with Crippen LogP contribution in [-0.2, 0) is 4.79 Å². The Balaban J connectivity index is 1.69. The Labute approximate surface area is 134 Å². The van der Waals surface area contributed by atoms with Crippen LogP contribution >= 0.6 is 11.8 Å². The van der Waals surface area contributed by atoms with Gasteiger partial charge >= 0.3 is 0 Å². The lowest BCUT2D eigenvalue weighted by molar-refractivity contribution is -0.122. The summed E-state index contributed by atoms with van der Waals surface area (Å²) in [4.78, 5) is 29.2. The van der Waals surface area contributed by atoms with Crippen molar-refractivity contribution in [3.8, 4) is 0 Å². The number of carbonyl (C=O) groups is 1. The predicted octanol–water partition coefficient (Wildman–Crippen LogP) is 2.35. The van der Waals surface area contributed by atoms with Crippen molar-refractivity contribution in [2.45, 2.75) is 69.6 Å². The van der Waals surface area contributed by atoms with Crippen LogP contribution in [0.2, 0.25) is 0 Å². The number of nitrogens with one attached hydrogen (secondary N) is 1. The molecule has 5 nitrogen and oxygen atoms in total. The van der Waals surface area contributed by atoms with E-state index in [1.165, 1.54) is 19.3 Å². The van der Waals surface area contributed by atoms with E-state index in [1.54, 1.807) is 23.3 Å². The van der Waals surface area contributed by atoms with Crippen molar-refractivity contribution in [2.24, 2.45) is 0 Å². The highest BCUT2D eigenvalue weighted by atomic mass is 32.2. The van der Waals surface area contributed by atoms with Crippen LogP contribution in [0.15, 0.2) is 9.95 Å². The second kappa shape index (κ2) is 6.44. The Morgan fingerprint density at radius 3 is 2.77 bits per heavy atom. The number of hydrogen-bond donors (Lipinski definition) is 1. The van der Waals surface area contributed by atoms with E-state index >= 15 is 0 Å². The number of aryl methyl sites for hydroxylation is 1. The van der Waals surface area contributed by atoms with E-state index in [9.17, 15) is 9.59 Å². The van der Waals surface area contributed by atoms with Crippen molar-refractivity contribution in [1.29, 1.82) is 0 Å². The molecule has 1 N–H and O–H groups in total. The Morgan fingerprint density at radius 1 is 1.32 bits per heavy atom. The topological polar surface area (TPSA) is 64.0 Å². The second-order valence-electron chi connectivity index (χ2n) is 6.35. The van der Waals surface area contributed by atoms with E-state index in [4.69, 9.17) is 0 Å². The molecular weight excluding hydrogens is 298 g/mol. The van der Waals surface area contributed by atoms with Gasteiger partial charge in [0.05, 0.1) is 6.04 Å². The van der Waals surface area contributed by atoms with Gasteiger partial charge in [0.1, 0.15) is 0 Å². The smallest absolute Gasteiger partial charge is 0.257 e. The molecule has 6 heteroatoms. The quantitative estimate of drug-likeness (QED) is 0.868. The molecule has 1 aliphatic heterocycles. The first-order valence-electron chi connectivity index (χ1n) is 8.08. The van der Waals surface area contributed by atoms with E-state index in [-0.39, 0.29) is 17.5 Å². The van der Waals surface area contributed by atoms with Gasteiger partial charge in [-0.1, -0.05) is 31.0 Å². The molecule has 3 rings (SSSR count). The Kier molecular flexibility index (Phi) is 4.57. The number of carbonyl (C=O) groups excluding carboxylic acids is 1. The molecule has 1 aromatic rings. The minimum atomic E-state index is -0.0668. The van der Waals surface area contributed by atoms with Crippen LogP contribution < -0.4 is 10.9 Å². The zero-order chi connectivity index (χ0) is 15.7. The van der Waals surface area contributed by atoms with Crippen molar-refractivity contribution in [3.05, 3.63) is 21.6 Å². The zero-order valence-electron chi connectivity index (χ0n) is 13.2. The molecule has 2 heterocycles. The van der Waals surface area contributed by atoms with Gasteiger partial charge in [-0.25, -0.2) is 4.98 Å². The van der Waals surface area contributed by atoms with Crippen molar-refractivity contribution in [3.63, 3.8) is 0 Å². The number of rotatable bonds is 3. The molecule has 1 unspecified atom stereocenters. The van der Waals surface area contributed by atoms with E-state index in [0.29, 0.717) is 18.0 Å².